The van der Waals surface area contributed by atoms with E-state index in [1.54, 1.807) is 20.8 Å². The van der Waals surface area contributed by atoms with Crippen LogP contribution in [0.3, 0.4) is 0 Å². The summed E-state index contributed by atoms with van der Waals surface area (Å²) < 4.78 is 30.3. The second-order valence-electron chi connectivity index (χ2n) is 11.6. The van der Waals surface area contributed by atoms with Gasteiger partial charge in [-0.15, -0.1) is 0 Å². The SMILES string of the molecule is CC(C)(C)OC(=O)N[C@H](Cc1ccccc1)C(=O)N=C1S[C@@H]2CS(=O)(=O)C[C@H]2N1[C@@H]1C[C@H]2CC[C@H]1C2. The van der Waals surface area contributed by atoms with Crippen molar-refractivity contribution in [1.29, 1.82) is 0 Å². The van der Waals surface area contributed by atoms with Crippen molar-refractivity contribution in [3.05, 3.63) is 35.9 Å². The van der Waals surface area contributed by atoms with Crippen LogP contribution in [-0.2, 0) is 25.8 Å². The molecule has 0 aromatic heterocycles. The topological polar surface area (TPSA) is 105 Å². The monoisotopic (exact) mass is 533 g/mol. The van der Waals surface area contributed by atoms with Crippen LogP contribution < -0.4 is 5.32 Å². The molecule has 2 amide bonds. The largest absolute Gasteiger partial charge is 0.444 e. The maximum absolute atomic E-state index is 13.6. The summed E-state index contributed by atoms with van der Waals surface area (Å²) in [5.41, 5.74) is 0.207. The third-order valence-corrected chi connectivity index (χ3v) is 10.9. The average molecular weight is 534 g/mol. The quantitative estimate of drug-likeness (QED) is 0.618. The molecule has 0 unspecified atom stereocenters. The molecule has 2 heterocycles. The van der Waals surface area contributed by atoms with Crippen LogP contribution >= 0.6 is 11.8 Å². The molecule has 10 heteroatoms. The van der Waals surface area contributed by atoms with E-state index in [2.05, 4.69) is 15.2 Å². The number of aliphatic imine (C=N–C) groups is 1. The van der Waals surface area contributed by atoms with E-state index in [0.29, 0.717) is 17.0 Å². The number of amidine groups is 1. The van der Waals surface area contributed by atoms with Gasteiger partial charge in [-0.3, -0.25) is 4.79 Å². The van der Waals surface area contributed by atoms with Crippen molar-refractivity contribution in [2.75, 3.05) is 11.5 Å². The Morgan fingerprint density at radius 3 is 2.53 bits per heavy atom. The van der Waals surface area contributed by atoms with Gasteiger partial charge in [0.25, 0.3) is 5.91 Å². The van der Waals surface area contributed by atoms with Crippen molar-refractivity contribution in [1.82, 2.24) is 10.2 Å². The number of benzene rings is 1. The first-order chi connectivity index (χ1) is 17.0. The summed E-state index contributed by atoms with van der Waals surface area (Å²) in [6.45, 7) is 5.32. The molecule has 8 nitrogen and oxygen atoms in total. The number of hydrogen-bond acceptors (Lipinski definition) is 6. The number of carbonyl (C=O) groups excluding carboxylic acids is 2. The van der Waals surface area contributed by atoms with Gasteiger partial charge in [-0.2, -0.15) is 4.99 Å². The summed E-state index contributed by atoms with van der Waals surface area (Å²) in [5, 5.41) is 3.24. The molecule has 2 bridgehead atoms. The highest BCUT2D eigenvalue weighted by atomic mass is 32.2. The molecule has 1 aromatic carbocycles. The van der Waals surface area contributed by atoms with Gasteiger partial charge in [-0.05, 0) is 57.4 Å². The van der Waals surface area contributed by atoms with E-state index in [-0.39, 0.29) is 35.3 Å². The van der Waals surface area contributed by atoms with E-state index in [9.17, 15) is 18.0 Å². The number of ether oxygens (including phenoxy) is 1. The van der Waals surface area contributed by atoms with Gasteiger partial charge in [0.2, 0.25) is 0 Å². The van der Waals surface area contributed by atoms with E-state index >= 15 is 0 Å². The van der Waals surface area contributed by atoms with Crippen LogP contribution in [0.25, 0.3) is 0 Å². The Bertz CT molecular complexity index is 1150. The number of thioether (sulfide) groups is 1. The Morgan fingerprint density at radius 2 is 1.89 bits per heavy atom. The van der Waals surface area contributed by atoms with E-state index in [0.717, 1.165) is 18.4 Å². The Balaban J connectivity index is 1.41. The molecule has 2 saturated heterocycles. The summed E-state index contributed by atoms with van der Waals surface area (Å²) in [4.78, 5) is 32.9. The number of hydrogen-bond donors (Lipinski definition) is 1. The Labute approximate surface area is 217 Å². The number of sulfone groups is 1. The van der Waals surface area contributed by atoms with Crippen molar-refractivity contribution in [2.24, 2.45) is 16.8 Å². The Morgan fingerprint density at radius 1 is 1.14 bits per heavy atom. The predicted molar refractivity (Wildman–Crippen MR) is 141 cm³/mol. The Kier molecular flexibility index (Phi) is 6.87. The smallest absolute Gasteiger partial charge is 0.408 e. The maximum Gasteiger partial charge on any atom is 0.408 e. The van der Waals surface area contributed by atoms with Crippen molar-refractivity contribution < 1.29 is 22.7 Å². The molecular weight excluding hydrogens is 498 g/mol. The zero-order valence-corrected chi connectivity index (χ0v) is 22.7. The lowest BCUT2D eigenvalue weighted by molar-refractivity contribution is -0.119. The van der Waals surface area contributed by atoms with Crippen LogP contribution in [0.15, 0.2) is 35.3 Å². The van der Waals surface area contributed by atoms with Crippen LogP contribution in [-0.4, -0.2) is 71.0 Å². The van der Waals surface area contributed by atoms with Crippen LogP contribution in [0.2, 0.25) is 0 Å². The molecule has 4 fully saturated rings. The van der Waals surface area contributed by atoms with Gasteiger partial charge in [0.05, 0.1) is 17.5 Å². The molecule has 0 radical (unpaired) electrons. The summed E-state index contributed by atoms with van der Waals surface area (Å²) in [6, 6.07) is 8.71. The molecule has 1 N–H and O–H groups in total. The minimum atomic E-state index is -3.10. The first-order valence-corrected chi connectivity index (χ1v) is 15.5. The summed E-state index contributed by atoms with van der Waals surface area (Å²) in [7, 11) is -3.10. The van der Waals surface area contributed by atoms with Crippen molar-refractivity contribution >= 4 is 38.8 Å². The van der Waals surface area contributed by atoms with Crippen LogP contribution in [0.5, 0.6) is 0 Å². The van der Waals surface area contributed by atoms with Crippen LogP contribution in [0, 0.1) is 11.8 Å². The summed E-state index contributed by atoms with van der Waals surface area (Å²) in [5.74, 6) is 1.01. The van der Waals surface area contributed by atoms with E-state index in [1.165, 1.54) is 24.6 Å². The zero-order chi connectivity index (χ0) is 25.7. The van der Waals surface area contributed by atoms with Gasteiger partial charge in [0.15, 0.2) is 15.0 Å². The zero-order valence-electron chi connectivity index (χ0n) is 21.1. The minimum Gasteiger partial charge on any atom is -0.444 e. The fraction of sp³-hybridized carbons (Fsp3) is 0.654. The van der Waals surface area contributed by atoms with Crippen molar-refractivity contribution in [3.8, 4) is 0 Å². The lowest BCUT2D eigenvalue weighted by Gasteiger charge is -2.36. The first kappa shape index (κ1) is 25.6. The number of amides is 2. The molecule has 6 atom stereocenters. The second kappa shape index (κ2) is 9.67. The summed E-state index contributed by atoms with van der Waals surface area (Å²) >= 11 is 1.42. The fourth-order valence-electron chi connectivity index (χ4n) is 6.20. The van der Waals surface area contributed by atoms with Gasteiger partial charge in [-0.1, -0.05) is 48.5 Å². The van der Waals surface area contributed by atoms with Gasteiger partial charge >= 0.3 is 6.09 Å². The number of carbonyl (C=O) groups is 2. The third kappa shape index (κ3) is 5.59. The van der Waals surface area contributed by atoms with Crippen LogP contribution in [0.4, 0.5) is 4.79 Å². The minimum absolute atomic E-state index is 0.105. The first-order valence-electron chi connectivity index (χ1n) is 12.8. The molecule has 2 aliphatic carbocycles. The van der Waals surface area contributed by atoms with E-state index < -0.39 is 33.5 Å². The third-order valence-electron chi connectivity index (χ3n) is 7.64. The highest BCUT2D eigenvalue weighted by Gasteiger charge is 2.54. The standard InChI is InChI=1S/C26H35N3O5S2/c1-26(2,3)34-25(31)27-19(12-16-7-5-4-6-8-16)23(30)28-24-29(20-13-17-9-10-18(20)11-17)21-14-36(32,33)15-22(21)35-24/h4-8,17-22H,9-15H2,1-3H3,(H,27,31)/t17-,18-,19+,20+,21+,22+/m0/s1. The maximum atomic E-state index is 13.6. The second-order valence-corrected chi connectivity index (χ2v) is 14.9. The molecular formula is C26H35N3O5S2. The molecule has 5 rings (SSSR count). The number of nitrogens with one attached hydrogen (secondary N) is 1. The van der Waals surface area contributed by atoms with Crippen molar-refractivity contribution in [3.63, 3.8) is 0 Å². The van der Waals surface area contributed by atoms with Gasteiger partial charge in [-0.25, -0.2) is 13.2 Å². The van der Waals surface area contributed by atoms with Crippen LogP contribution in [0.1, 0.15) is 52.0 Å². The van der Waals surface area contributed by atoms with E-state index in [4.69, 9.17) is 4.74 Å². The molecule has 2 saturated carbocycles. The van der Waals surface area contributed by atoms with E-state index in [1.807, 2.05) is 30.3 Å². The summed E-state index contributed by atoms with van der Waals surface area (Å²) in [6.07, 6.45) is 4.22. The molecule has 36 heavy (non-hydrogen) atoms. The number of alkyl carbamates (subject to hydrolysis) is 1. The van der Waals surface area contributed by atoms with Gasteiger partial charge in [0, 0.05) is 17.7 Å². The normalized spacial score (nSPS) is 32.5. The highest BCUT2D eigenvalue weighted by molar-refractivity contribution is 8.15. The number of nitrogens with zero attached hydrogens (tertiary/aromatic N) is 2. The molecule has 0 spiro atoms. The highest BCUT2D eigenvalue weighted by Crippen LogP contribution is 2.51. The molecule has 196 valence electrons. The fourth-order valence-corrected chi connectivity index (χ4v) is 10.2. The number of rotatable bonds is 5. The Hall–Kier alpha value is -2.07. The average Bonchev–Trinajstić information content (AvgIpc) is 3.52. The molecule has 4 aliphatic rings. The lowest BCUT2D eigenvalue weighted by atomic mass is 9.93. The number of fused-ring (bicyclic) bond motifs is 3. The van der Waals surface area contributed by atoms with Gasteiger partial charge in [0.1, 0.15) is 11.6 Å². The van der Waals surface area contributed by atoms with Gasteiger partial charge < -0.3 is 15.0 Å². The predicted octanol–water partition coefficient (Wildman–Crippen LogP) is 3.41. The van der Waals surface area contributed by atoms with Crippen molar-refractivity contribution in [2.45, 2.75) is 81.9 Å². The lowest BCUT2D eigenvalue weighted by Crippen LogP contribution is -2.48. The molecule has 2 aliphatic heterocycles. The molecule has 1 aromatic rings.